The molecule has 0 radical (unpaired) electrons. The Balaban J connectivity index is 2.26. The van der Waals surface area contributed by atoms with Gasteiger partial charge in [0.25, 0.3) is 0 Å². The van der Waals surface area contributed by atoms with Gasteiger partial charge in [-0.3, -0.25) is 4.57 Å². The van der Waals surface area contributed by atoms with Gasteiger partial charge in [-0.15, -0.1) is 0 Å². The molecule has 1 atom stereocenters. The second kappa shape index (κ2) is 11.2. The molecule has 0 aromatic carbocycles. The van der Waals surface area contributed by atoms with Crippen molar-refractivity contribution in [3.8, 4) is 0 Å². The first-order chi connectivity index (χ1) is 11.5. The molecular weight excluding hydrogens is 360 g/mol. The van der Waals surface area contributed by atoms with E-state index in [4.69, 9.17) is 27.5 Å². The molecule has 1 fully saturated rings. The summed E-state index contributed by atoms with van der Waals surface area (Å²) in [6, 6.07) is 4.16. The van der Waals surface area contributed by atoms with Gasteiger partial charge >= 0.3 is 17.5 Å². The van der Waals surface area contributed by atoms with Gasteiger partial charge in [0, 0.05) is 47.6 Å². The van der Waals surface area contributed by atoms with E-state index in [0.29, 0.717) is 0 Å². The number of nitrogens with two attached hydrogens (primary N) is 1. The third-order valence-corrected chi connectivity index (χ3v) is 13.8. The smallest absolute Gasteiger partial charge is 0.386 e. The van der Waals surface area contributed by atoms with Crippen LogP contribution in [0.4, 0.5) is 0 Å². The molecule has 1 aliphatic rings. The first kappa shape index (κ1) is 22.4. The van der Waals surface area contributed by atoms with Gasteiger partial charge in [0.15, 0.2) is 0 Å². The summed E-state index contributed by atoms with van der Waals surface area (Å²) < 4.78 is 30.3. The Kier molecular flexibility index (Phi) is 10.4. The van der Waals surface area contributed by atoms with E-state index >= 15 is 0 Å². The molecule has 1 rings (SSSR count). The van der Waals surface area contributed by atoms with Crippen LogP contribution in [0.3, 0.4) is 0 Å². The standard InChI is InChI=1S/C14H36N2O5Si3/c1-17-23(18-2)13-7-10-16(23)9-6-11-22(15)12-8-14-24(19-3,20-4)21-5/h22H,6-15H2,1-5H3. The van der Waals surface area contributed by atoms with Crippen molar-refractivity contribution in [1.29, 1.82) is 0 Å². The van der Waals surface area contributed by atoms with E-state index in [-0.39, 0.29) is 0 Å². The minimum Gasteiger partial charge on any atom is -0.386 e. The predicted octanol–water partition coefficient (Wildman–Crippen LogP) is 1.26. The average Bonchev–Trinajstić information content (AvgIpc) is 3.02. The molecule has 0 aliphatic carbocycles. The Morgan fingerprint density at radius 3 is 2.12 bits per heavy atom. The summed E-state index contributed by atoms with van der Waals surface area (Å²) >= 11 is 0. The third kappa shape index (κ3) is 5.97. The Hall–Kier alpha value is 0.371. The lowest BCUT2D eigenvalue weighted by Gasteiger charge is -2.32. The van der Waals surface area contributed by atoms with E-state index in [9.17, 15) is 0 Å². The number of rotatable bonds is 13. The molecule has 0 spiro atoms. The molecule has 0 aromatic heterocycles. The van der Waals surface area contributed by atoms with Crippen LogP contribution in [0.5, 0.6) is 0 Å². The van der Waals surface area contributed by atoms with Crippen molar-refractivity contribution >= 4 is 26.5 Å². The highest BCUT2D eigenvalue weighted by atomic mass is 28.4. The Morgan fingerprint density at radius 2 is 1.58 bits per heavy atom. The lowest BCUT2D eigenvalue weighted by molar-refractivity contribution is 0.123. The van der Waals surface area contributed by atoms with Crippen molar-refractivity contribution in [3.05, 3.63) is 0 Å². The van der Waals surface area contributed by atoms with Crippen LogP contribution in [-0.2, 0) is 22.1 Å². The van der Waals surface area contributed by atoms with Crippen molar-refractivity contribution in [2.75, 3.05) is 48.6 Å². The van der Waals surface area contributed by atoms with Crippen molar-refractivity contribution < 1.29 is 22.1 Å². The van der Waals surface area contributed by atoms with Gasteiger partial charge in [-0.25, -0.2) is 0 Å². The van der Waals surface area contributed by atoms with E-state index in [0.717, 1.165) is 50.1 Å². The van der Waals surface area contributed by atoms with E-state index in [2.05, 4.69) is 4.57 Å². The van der Waals surface area contributed by atoms with Crippen molar-refractivity contribution in [3.63, 3.8) is 0 Å². The molecule has 1 saturated heterocycles. The van der Waals surface area contributed by atoms with Crippen LogP contribution in [-0.4, -0.2) is 79.7 Å². The largest absolute Gasteiger partial charge is 0.500 e. The minimum atomic E-state index is -2.43. The average molecular weight is 397 g/mol. The first-order valence-corrected chi connectivity index (χ1v) is 15.0. The van der Waals surface area contributed by atoms with Gasteiger partial charge in [0.2, 0.25) is 0 Å². The highest BCUT2D eigenvalue weighted by Gasteiger charge is 2.46. The summed E-state index contributed by atoms with van der Waals surface area (Å²) in [5.41, 5.74) is 0. The van der Waals surface area contributed by atoms with Crippen molar-refractivity contribution in [2.45, 2.75) is 43.4 Å². The number of hydrogen-bond donors (Lipinski definition) is 1. The maximum Gasteiger partial charge on any atom is 0.500 e. The van der Waals surface area contributed by atoms with Crippen LogP contribution >= 0.6 is 0 Å². The summed E-state index contributed by atoms with van der Waals surface area (Å²) in [7, 11) is 2.85. The monoisotopic (exact) mass is 396 g/mol. The maximum atomic E-state index is 6.41. The molecule has 0 bridgehead atoms. The number of nitrogens with zero attached hydrogens (tertiary/aromatic N) is 1. The second-order valence-electron chi connectivity index (χ2n) is 6.30. The second-order valence-corrected chi connectivity index (χ2v) is 15.4. The summed E-state index contributed by atoms with van der Waals surface area (Å²) in [4.78, 5) is 0. The van der Waals surface area contributed by atoms with Gasteiger partial charge < -0.3 is 27.5 Å². The molecule has 24 heavy (non-hydrogen) atoms. The zero-order valence-corrected chi connectivity index (χ0v) is 19.2. The summed E-state index contributed by atoms with van der Waals surface area (Å²) in [5, 5.41) is 6.41. The molecule has 1 aliphatic heterocycles. The quantitative estimate of drug-likeness (QED) is 0.470. The van der Waals surface area contributed by atoms with Crippen LogP contribution in [0, 0.1) is 0 Å². The van der Waals surface area contributed by atoms with Gasteiger partial charge in [-0.2, -0.15) is 0 Å². The van der Waals surface area contributed by atoms with Gasteiger partial charge in [0.1, 0.15) is 8.96 Å². The molecule has 2 N–H and O–H groups in total. The van der Waals surface area contributed by atoms with Crippen LogP contribution < -0.4 is 5.40 Å². The fourth-order valence-electron chi connectivity index (χ4n) is 3.48. The predicted molar refractivity (Wildman–Crippen MR) is 103 cm³/mol. The van der Waals surface area contributed by atoms with E-state index in [1.165, 1.54) is 6.42 Å². The molecular formula is C14H36N2O5Si3. The van der Waals surface area contributed by atoms with Crippen molar-refractivity contribution in [1.82, 2.24) is 4.57 Å². The van der Waals surface area contributed by atoms with Gasteiger partial charge in [-0.05, 0) is 38.0 Å². The summed E-state index contributed by atoms with van der Waals surface area (Å²) in [5.74, 6) is 0. The SMILES string of the molecule is CO[Si](CCC[SiH](N)CCCN1CCC[Si]1(OC)OC)(OC)OC. The summed E-state index contributed by atoms with van der Waals surface area (Å²) in [6.45, 7) is 2.13. The number of hydrogen-bond acceptors (Lipinski definition) is 7. The molecule has 1 heterocycles. The van der Waals surface area contributed by atoms with Gasteiger partial charge in [-0.1, -0.05) is 6.42 Å². The molecule has 0 saturated carbocycles. The fraction of sp³-hybridized carbons (Fsp3) is 1.00. The fourth-order valence-corrected chi connectivity index (χ4v) is 10.4. The van der Waals surface area contributed by atoms with Crippen LogP contribution in [0.1, 0.15) is 19.3 Å². The first-order valence-electron chi connectivity index (χ1n) is 8.77. The molecule has 7 nitrogen and oxygen atoms in total. The highest BCUT2D eigenvalue weighted by molar-refractivity contribution is 6.65. The minimum absolute atomic E-state index is 0.840. The molecule has 1 unspecified atom stereocenters. The Morgan fingerprint density at radius 1 is 1.00 bits per heavy atom. The molecule has 0 aromatic rings. The zero-order chi connectivity index (χ0) is 18.1. The normalized spacial score (nSPS) is 19.8. The highest BCUT2D eigenvalue weighted by Crippen LogP contribution is 2.27. The molecule has 144 valence electrons. The molecule has 10 heteroatoms. The Labute approximate surface area is 151 Å². The maximum absolute atomic E-state index is 6.41. The Bertz CT molecular complexity index is 338. The summed E-state index contributed by atoms with van der Waals surface area (Å²) in [6.07, 6.45) is 3.33. The van der Waals surface area contributed by atoms with E-state index in [1.807, 2.05) is 0 Å². The van der Waals surface area contributed by atoms with Crippen LogP contribution in [0.25, 0.3) is 0 Å². The molecule has 0 amide bonds. The van der Waals surface area contributed by atoms with Gasteiger partial charge in [0.05, 0.1) is 0 Å². The lowest BCUT2D eigenvalue weighted by atomic mass is 10.4. The van der Waals surface area contributed by atoms with Crippen LogP contribution in [0.15, 0.2) is 0 Å². The van der Waals surface area contributed by atoms with Crippen LogP contribution in [0.2, 0.25) is 24.2 Å². The zero-order valence-electron chi connectivity index (χ0n) is 16.0. The van der Waals surface area contributed by atoms with E-state index in [1.54, 1.807) is 35.5 Å². The van der Waals surface area contributed by atoms with E-state index < -0.39 is 26.5 Å². The topological polar surface area (TPSA) is 75.4 Å². The third-order valence-electron chi connectivity index (χ3n) is 5.03. The lowest BCUT2D eigenvalue weighted by Crippen LogP contribution is -2.53. The van der Waals surface area contributed by atoms with Crippen molar-refractivity contribution in [2.24, 2.45) is 5.40 Å².